The van der Waals surface area contributed by atoms with E-state index in [9.17, 15) is 0 Å². The van der Waals surface area contributed by atoms with Gasteiger partial charge in [0.25, 0.3) is 0 Å². The normalized spacial score (nSPS) is 12.6. The molecule has 0 saturated heterocycles. The van der Waals surface area contributed by atoms with Crippen LogP contribution in [-0.4, -0.2) is 18.1 Å². The summed E-state index contributed by atoms with van der Waals surface area (Å²) >= 11 is 3.38. The van der Waals surface area contributed by atoms with Gasteiger partial charge in [-0.15, -0.1) is 0 Å². The first kappa shape index (κ1) is 11.5. The van der Waals surface area contributed by atoms with Crippen LogP contribution in [0.15, 0.2) is 16.7 Å². The number of halogens is 1. The summed E-state index contributed by atoms with van der Waals surface area (Å²) in [7, 11) is 1.63. The van der Waals surface area contributed by atoms with Crippen LogP contribution in [0.25, 0.3) is 0 Å². The summed E-state index contributed by atoms with van der Waals surface area (Å²) in [6.07, 6.45) is 3.57. The molecule has 1 atom stereocenters. The van der Waals surface area contributed by atoms with Crippen LogP contribution in [0.2, 0.25) is 0 Å². The molecule has 0 amide bonds. The molecule has 0 aromatic carbocycles. The van der Waals surface area contributed by atoms with Crippen molar-refractivity contribution in [2.45, 2.75) is 25.8 Å². The summed E-state index contributed by atoms with van der Waals surface area (Å²) < 4.78 is 6.13. The standard InChI is InChI=1S/C10H15BrN2O/c1-7(12)3-4-8-5-9(11)6-13-10(8)14-2/h5-7H,3-4,12H2,1-2H3/t7-/m1/s1. The summed E-state index contributed by atoms with van der Waals surface area (Å²) in [5.74, 6) is 0.689. The zero-order valence-electron chi connectivity index (χ0n) is 8.46. The molecular weight excluding hydrogens is 244 g/mol. The molecule has 0 fully saturated rings. The van der Waals surface area contributed by atoms with Crippen molar-refractivity contribution in [1.29, 1.82) is 0 Å². The van der Waals surface area contributed by atoms with Crippen molar-refractivity contribution < 1.29 is 4.74 Å². The fourth-order valence-corrected chi connectivity index (χ4v) is 1.59. The van der Waals surface area contributed by atoms with Gasteiger partial charge in [0.2, 0.25) is 5.88 Å². The number of aromatic nitrogens is 1. The first-order chi connectivity index (χ1) is 6.63. The number of hydrogen-bond acceptors (Lipinski definition) is 3. The monoisotopic (exact) mass is 258 g/mol. The van der Waals surface area contributed by atoms with Crippen LogP contribution in [0.4, 0.5) is 0 Å². The SMILES string of the molecule is COc1ncc(Br)cc1CC[C@@H](C)N. The van der Waals surface area contributed by atoms with Gasteiger partial charge in [0.05, 0.1) is 7.11 Å². The van der Waals surface area contributed by atoms with Gasteiger partial charge in [0.15, 0.2) is 0 Å². The lowest BCUT2D eigenvalue weighted by Gasteiger charge is -2.09. The highest BCUT2D eigenvalue weighted by molar-refractivity contribution is 9.10. The van der Waals surface area contributed by atoms with E-state index in [1.165, 1.54) is 0 Å². The average Bonchev–Trinajstić information content (AvgIpc) is 2.15. The minimum Gasteiger partial charge on any atom is -0.481 e. The molecule has 1 aromatic heterocycles. The third-order valence-corrected chi connectivity index (χ3v) is 2.39. The van der Waals surface area contributed by atoms with Gasteiger partial charge < -0.3 is 10.5 Å². The second kappa shape index (κ2) is 5.32. The van der Waals surface area contributed by atoms with Crippen molar-refractivity contribution in [3.05, 3.63) is 22.3 Å². The minimum atomic E-state index is 0.207. The molecule has 0 unspecified atom stereocenters. The Morgan fingerprint density at radius 2 is 2.36 bits per heavy atom. The predicted octanol–water partition coefficient (Wildman–Crippen LogP) is 2.13. The molecule has 78 valence electrons. The third-order valence-electron chi connectivity index (χ3n) is 1.95. The smallest absolute Gasteiger partial charge is 0.216 e. The molecule has 1 aromatic rings. The zero-order valence-corrected chi connectivity index (χ0v) is 10.0. The highest BCUT2D eigenvalue weighted by atomic mass is 79.9. The molecule has 1 rings (SSSR count). The van der Waals surface area contributed by atoms with Gasteiger partial charge in [0, 0.05) is 22.3 Å². The number of hydrogen-bond donors (Lipinski definition) is 1. The second-order valence-corrected chi connectivity index (χ2v) is 4.25. The minimum absolute atomic E-state index is 0.207. The van der Waals surface area contributed by atoms with Gasteiger partial charge in [-0.25, -0.2) is 4.98 Å². The second-order valence-electron chi connectivity index (χ2n) is 3.34. The highest BCUT2D eigenvalue weighted by Gasteiger charge is 2.06. The summed E-state index contributed by atoms with van der Waals surface area (Å²) in [4.78, 5) is 4.16. The van der Waals surface area contributed by atoms with E-state index in [1.807, 2.05) is 13.0 Å². The van der Waals surface area contributed by atoms with Crippen molar-refractivity contribution in [1.82, 2.24) is 4.98 Å². The largest absolute Gasteiger partial charge is 0.481 e. The molecule has 14 heavy (non-hydrogen) atoms. The molecule has 0 aliphatic carbocycles. The van der Waals surface area contributed by atoms with Crippen molar-refractivity contribution in [3.8, 4) is 5.88 Å². The molecule has 3 nitrogen and oxygen atoms in total. The van der Waals surface area contributed by atoms with E-state index in [2.05, 4.69) is 20.9 Å². The van der Waals surface area contributed by atoms with E-state index in [1.54, 1.807) is 13.3 Å². The predicted molar refractivity (Wildman–Crippen MR) is 60.5 cm³/mol. The molecule has 0 bridgehead atoms. The number of nitrogens with zero attached hydrogens (tertiary/aromatic N) is 1. The molecular formula is C10H15BrN2O. The van der Waals surface area contributed by atoms with Crippen LogP contribution in [0, 0.1) is 0 Å². The Bertz CT molecular complexity index is 302. The van der Waals surface area contributed by atoms with E-state index in [4.69, 9.17) is 10.5 Å². The van der Waals surface area contributed by atoms with Crippen LogP contribution < -0.4 is 10.5 Å². The molecule has 4 heteroatoms. The summed E-state index contributed by atoms with van der Waals surface area (Å²) in [6, 6.07) is 2.23. The number of ether oxygens (including phenoxy) is 1. The number of pyridine rings is 1. The van der Waals surface area contributed by atoms with Crippen molar-refractivity contribution in [2.24, 2.45) is 5.73 Å². The average molecular weight is 259 g/mol. The number of methoxy groups -OCH3 is 1. The molecule has 1 heterocycles. The number of nitrogens with two attached hydrogens (primary N) is 1. The van der Waals surface area contributed by atoms with Crippen LogP contribution in [0.5, 0.6) is 5.88 Å². The highest BCUT2D eigenvalue weighted by Crippen LogP contribution is 2.21. The maximum absolute atomic E-state index is 5.70. The third kappa shape index (κ3) is 3.27. The van der Waals surface area contributed by atoms with E-state index < -0.39 is 0 Å². The van der Waals surface area contributed by atoms with Crippen LogP contribution >= 0.6 is 15.9 Å². The van der Waals surface area contributed by atoms with Gasteiger partial charge >= 0.3 is 0 Å². The lowest BCUT2D eigenvalue weighted by Crippen LogP contribution is -2.15. The maximum Gasteiger partial charge on any atom is 0.216 e. The first-order valence-electron chi connectivity index (χ1n) is 4.57. The fourth-order valence-electron chi connectivity index (χ4n) is 1.21. The van der Waals surface area contributed by atoms with Crippen molar-refractivity contribution >= 4 is 15.9 Å². The molecule has 0 spiro atoms. The molecule has 0 aliphatic heterocycles. The Kier molecular flexibility index (Phi) is 4.35. The van der Waals surface area contributed by atoms with Crippen LogP contribution in [-0.2, 0) is 6.42 Å². The quantitative estimate of drug-likeness (QED) is 0.901. The summed E-state index contributed by atoms with van der Waals surface area (Å²) in [6.45, 7) is 2.00. The van der Waals surface area contributed by atoms with E-state index >= 15 is 0 Å². The van der Waals surface area contributed by atoms with Gasteiger partial charge in [-0.2, -0.15) is 0 Å². The lowest BCUT2D eigenvalue weighted by atomic mass is 10.1. The lowest BCUT2D eigenvalue weighted by molar-refractivity contribution is 0.391. The maximum atomic E-state index is 5.70. The number of aryl methyl sites for hydroxylation is 1. The molecule has 2 N–H and O–H groups in total. The van der Waals surface area contributed by atoms with Gasteiger partial charge in [-0.1, -0.05) is 0 Å². The zero-order chi connectivity index (χ0) is 10.6. The number of rotatable bonds is 4. The Hall–Kier alpha value is -0.610. The van der Waals surface area contributed by atoms with Crippen molar-refractivity contribution in [3.63, 3.8) is 0 Å². The van der Waals surface area contributed by atoms with Gasteiger partial charge in [-0.3, -0.25) is 0 Å². The molecule has 0 saturated carbocycles. The Morgan fingerprint density at radius 1 is 1.64 bits per heavy atom. The molecule has 0 radical (unpaired) electrons. The van der Waals surface area contributed by atoms with Crippen LogP contribution in [0.1, 0.15) is 18.9 Å². The Morgan fingerprint density at radius 3 is 2.93 bits per heavy atom. The molecule has 0 aliphatic rings. The van der Waals surface area contributed by atoms with Gasteiger partial charge in [-0.05, 0) is 41.8 Å². The van der Waals surface area contributed by atoms with E-state index in [-0.39, 0.29) is 6.04 Å². The summed E-state index contributed by atoms with van der Waals surface area (Å²) in [5, 5.41) is 0. The van der Waals surface area contributed by atoms with Gasteiger partial charge in [0.1, 0.15) is 0 Å². The summed E-state index contributed by atoms with van der Waals surface area (Å²) in [5.41, 5.74) is 6.79. The Balaban J connectivity index is 2.77. The van der Waals surface area contributed by atoms with E-state index in [0.29, 0.717) is 5.88 Å². The fraction of sp³-hybridized carbons (Fsp3) is 0.500. The topological polar surface area (TPSA) is 48.1 Å². The Labute approximate surface area is 92.8 Å². The van der Waals surface area contributed by atoms with Crippen LogP contribution in [0.3, 0.4) is 0 Å². The van der Waals surface area contributed by atoms with E-state index in [0.717, 1.165) is 22.9 Å². The van der Waals surface area contributed by atoms with Crippen molar-refractivity contribution in [2.75, 3.05) is 7.11 Å². The first-order valence-corrected chi connectivity index (χ1v) is 5.36.